The van der Waals surface area contributed by atoms with Crippen LogP contribution in [0.3, 0.4) is 0 Å². The molecule has 8 heteroatoms. The minimum atomic E-state index is -0.661. The lowest BCUT2D eigenvalue weighted by atomic mass is 9.92. The second-order valence-corrected chi connectivity index (χ2v) is 6.90. The smallest absolute Gasteiger partial charge is 0.243 e. The van der Waals surface area contributed by atoms with Gasteiger partial charge in [0.05, 0.1) is 12.3 Å². The summed E-state index contributed by atoms with van der Waals surface area (Å²) in [6, 6.07) is 2.82. The minimum absolute atomic E-state index is 0.0223. The van der Waals surface area contributed by atoms with E-state index in [0.717, 1.165) is 32.1 Å². The van der Waals surface area contributed by atoms with Crippen LogP contribution in [-0.2, 0) is 9.59 Å². The van der Waals surface area contributed by atoms with E-state index in [1.165, 1.54) is 0 Å². The number of hydrogen-bond acceptors (Lipinski definition) is 5. The van der Waals surface area contributed by atoms with E-state index in [9.17, 15) is 14.9 Å². The van der Waals surface area contributed by atoms with E-state index in [4.69, 9.17) is 0 Å². The third-order valence-electron chi connectivity index (χ3n) is 4.80. The van der Waals surface area contributed by atoms with Crippen molar-refractivity contribution in [3.05, 3.63) is 12.3 Å². The van der Waals surface area contributed by atoms with Crippen molar-refractivity contribution in [3.63, 3.8) is 0 Å². The highest BCUT2D eigenvalue weighted by molar-refractivity contribution is 5.85. The number of carbonyl (C=O) groups is 2. The molecule has 2 fully saturated rings. The van der Waals surface area contributed by atoms with Gasteiger partial charge in [0.25, 0.3) is 0 Å². The third-order valence-corrected chi connectivity index (χ3v) is 4.80. The van der Waals surface area contributed by atoms with Crippen molar-refractivity contribution in [2.24, 2.45) is 11.8 Å². The predicted molar refractivity (Wildman–Crippen MR) is 91.2 cm³/mol. The maximum atomic E-state index is 12.7. The minimum Gasteiger partial charge on any atom is -0.359 e. The van der Waals surface area contributed by atoms with Crippen molar-refractivity contribution >= 4 is 17.6 Å². The highest BCUT2D eigenvalue weighted by atomic mass is 16.2. The molecule has 2 amide bonds. The van der Waals surface area contributed by atoms with Crippen LogP contribution in [0.1, 0.15) is 38.5 Å². The van der Waals surface area contributed by atoms with E-state index in [0.29, 0.717) is 24.7 Å². The number of H-pyrrole nitrogens is 1. The molecule has 0 aromatic carbocycles. The van der Waals surface area contributed by atoms with Crippen molar-refractivity contribution in [1.29, 1.82) is 5.26 Å². The molecular weight excluding hydrogens is 320 g/mol. The van der Waals surface area contributed by atoms with Crippen LogP contribution in [0.5, 0.6) is 0 Å². The average molecular weight is 344 g/mol. The van der Waals surface area contributed by atoms with Crippen LogP contribution in [0.4, 0.5) is 5.82 Å². The van der Waals surface area contributed by atoms with Gasteiger partial charge in [-0.25, -0.2) is 0 Å². The third kappa shape index (κ3) is 4.95. The molecule has 8 nitrogen and oxygen atoms in total. The Labute approximate surface area is 146 Å². The average Bonchev–Trinajstić information content (AvgIpc) is 3.28. The summed E-state index contributed by atoms with van der Waals surface area (Å²) in [5.74, 6) is 0.799. The van der Waals surface area contributed by atoms with Crippen LogP contribution in [0.15, 0.2) is 12.3 Å². The van der Waals surface area contributed by atoms with E-state index in [-0.39, 0.29) is 17.7 Å². The summed E-state index contributed by atoms with van der Waals surface area (Å²) < 4.78 is 0. The quantitative estimate of drug-likeness (QED) is 0.558. The molecule has 0 radical (unpaired) electrons. The predicted octanol–water partition coefficient (Wildman–Crippen LogP) is 0.915. The number of nitrogens with zero attached hydrogens (tertiary/aromatic N) is 2. The fourth-order valence-electron chi connectivity index (χ4n) is 3.20. The first-order valence-corrected chi connectivity index (χ1v) is 8.89. The summed E-state index contributed by atoms with van der Waals surface area (Å²) in [5.41, 5.74) is 0. The number of anilines is 1. The Kier molecular flexibility index (Phi) is 5.53. The molecule has 1 aromatic heterocycles. The second kappa shape index (κ2) is 8.01. The Hall–Kier alpha value is -2.56. The molecule has 3 atom stereocenters. The summed E-state index contributed by atoms with van der Waals surface area (Å²) in [6.07, 6.45) is 6.65. The lowest BCUT2D eigenvalue weighted by Crippen LogP contribution is -2.47. The van der Waals surface area contributed by atoms with Crippen LogP contribution in [0, 0.1) is 23.2 Å². The van der Waals surface area contributed by atoms with Gasteiger partial charge in [-0.2, -0.15) is 10.4 Å². The van der Waals surface area contributed by atoms with E-state index < -0.39 is 12.1 Å². The Morgan fingerprint density at radius 2 is 2.24 bits per heavy atom. The lowest BCUT2D eigenvalue weighted by Gasteiger charge is -2.25. The molecule has 2 aliphatic rings. The van der Waals surface area contributed by atoms with Crippen molar-refractivity contribution < 1.29 is 9.59 Å². The number of rotatable bonds is 8. The van der Waals surface area contributed by atoms with Crippen LogP contribution >= 0.6 is 0 Å². The molecule has 0 bridgehead atoms. The number of amides is 2. The largest absolute Gasteiger partial charge is 0.359 e. The molecule has 1 saturated carbocycles. The van der Waals surface area contributed by atoms with Gasteiger partial charge in [0.2, 0.25) is 11.8 Å². The molecule has 0 unspecified atom stereocenters. The van der Waals surface area contributed by atoms with Crippen molar-refractivity contribution in [2.45, 2.75) is 50.6 Å². The summed E-state index contributed by atoms with van der Waals surface area (Å²) in [7, 11) is 0. The topological polar surface area (TPSA) is 123 Å². The summed E-state index contributed by atoms with van der Waals surface area (Å²) >= 11 is 0. The normalized spacial score (nSPS) is 22.4. The Balaban J connectivity index is 1.57. The Morgan fingerprint density at radius 3 is 2.88 bits per heavy atom. The number of aromatic nitrogens is 2. The zero-order valence-corrected chi connectivity index (χ0v) is 14.1. The summed E-state index contributed by atoms with van der Waals surface area (Å²) in [5, 5.41) is 24.8. The van der Waals surface area contributed by atoms with Crippen molar-refractivity contribution in [2.75, 3.05) is 11.9 Å². The number of nitriles is 1. The fraction of sp³-hybridized carbons (Fsp3) is 0.647. The molecule has 1 aliphatic carbocycles. The SMILES string of the molecule is N#C[C@H](C[C@@H]1CCCNC1=O)NC(=O)[C@H](CC1CC1)Nc1ccn[nH]1. The van der Waals surface area contributed by atoms with Crippen LogP contribution < -0.4 is 16.0 Å². The highest BCUT2D eigenvalue weighted by Crippen LogP contribution is 2.34. The monoisotopic (exact) mass is 344 g/mol. The molecule has 1 saturated heterocycles. The molecular formula is C17H24N6O2. The van der Waals surface area contributed by atoms with Crippen LogP contribution in [0.25, 0.3) is 0 Å². The van der Waals surface area contributed by atoms with Gasteiger partial charge in [-0.3, -0.25) is 14.7 Å². The Bertz CT molecular complexity index is 634. The maximum Gasteiger partial charge on any atom is 0.243 e. The van der Waals surface area contributed by atoms with Gasteiger partial charge < -0.3 is 16.0 Å². The highest BCUT2D eigenvalue weighted by Gasteiger charge is 2.32. The maximum absolute atomic E-state index is 12.7. The van der Waals surface area contributed by atoms with Crippen LogP contribution in [-0.4, -0.2) is 40.6 Å². The van der Waals surface area contributed by atoms with Gasteiger partial charge in [-0.15, -0.1) is 0 Å². The van der Waals surface area contributed by atoms with Crippen LogP contribution in [0.2, 0.25) is 0 Å². The number of nitrogens with one attached hydrogen (secondary N) is 4. The Morgan fingerprint density at radius 1 is 1.40 bits per heavy atom. The first-order valence-electron chi connectivity index (χ1n) is 8.89. The fourth-order valence-corrected chi connectivity index (χ4v) is 3.20. The number of aromatic amines is 1. The molecule has 2 heterocycles. The molecule has 25 heavy (non-hydrogen) atoms. The molecule has 0 spiro atoms. The number of hydrogen-bond donors (Lipinski definition) is 4. The number of piperidine rings is 1. The molecule has 134 valence electrons. The van der Waals surface area contributed by atoms with E-state index in [2.05, 4.69) is 32.2 Å². The van der Waals surface area contributed by atoms with Crippen molar-refractivity contribution in [3.8, 4) is 6.07 Å². The number of carbonyl (C=O) groups excluding carboxylic acids is 2. The first-order chi connectivity index (χ1) is 12.2. The van der Waals surface area contributed by atoms with E-state index in [1.54, 1.807) is 12.3 Å². The van der Waals surface area contributed by atoms with Gasteiger partial charge in [-0.05, 0) is 37.7 Å². The zero-order valence-electron chi connectivity index (χ0n) is 14.1. The summed E-state index contributed by atoms with van der Waals surface area (Å²) in [4.78, 5) is 24.5. The van der Waals surface area contributed by atoms with Gasteiger partial charge in [-0.1, -0.05) is 12.8 Å². The van der Waals surface area contributed by atoms with E-state index >= 15 is 0 Å². The van der Waals surface area contributed by atoms with E-state index in [1.807, 2.05) is 0 Å². The van der Waals surface area contributed by atoms with Gasteiger partial charge >= 0.3 is 0 Å². The van der Waals surface area contributed by atoms with Gasteiger partial charge in [0.1, 0.15) is 17.9 Å². The van der Waals surface area contributed by atoms with Crippen molar-refractivity contribution in [1.82, 2.24) is 20.8 Å². The standard InChI is InChI=1S/C17H24N6O2/c18-10-13(9-12-2-1-6-19-16(12)24)21-17(25)14(8-11-3-4-11)22-15-5-7-20-23-15/h5,7,11-14H,1-4,6,8-9H2,(H,19,24)(H,21,25)(H2,20,22,23)/t12-,13-,14-/m0/s1. The van der Waals surface area contributed by atoms with Gasteiger partial charge in [0.15, 0.2) is 0 Å². The molecule has 3 rings (SSSR count). The van der Waals surface area contributed by atoms with Gasteiger partial charge in [0, 0.05) is 12.5 Å². The summed E-state index contributed by atoms with van der Waals surface area (Å²) in [6.45, 7) is 0.691. The lowest BCUT2D eigenvalue weighted by molar-refractivity contribution is -0.128. The molecule has 1 aliphatic heterocycles. The zero-order chi connectivity index (χ0) is 17.6. The second-order valence-electron chi connectivity index (χ2n) is 6.90. The first kappa shape index (κ1) is 17.3. The molecule has 1 aromatic rings. The molecule has 4 N–H and O–H groups in total.